The fourth-order valence-corrected chi connectivity index (χ4v) is 1.28. The molecule has 96 valence electrons. The van der Waals surface area contributed by atoms with Crippen LogP contribution in [0.2, 0.25) is 0 Å². The van der Waals surface area contributed by atoms with E-state index in [-0.39, 0.29) is 18.6 Å². The van der Waals surface area contributed by atoms with E-state index in [1.165, 1.54) is 4.90 Å². The number of nitrogens with one attached hydrogen (secondary N) is 1. The minimum absolute atomic E-state index is 0.142. The van der Waals surface area contributed by atoms with E-state index in [0.29, 0.717) is 13.0 Å². The van der Waals surface area contributed by atoms with Crippen molar-refractivity contribution in [2.24, 2.45) is 0 Å². The third-order valence-corrected chi connectivity index (χ3v) is 2.21. The molecule has 2 amide bonds. The third kappa shape index (κ3) is 7.23. The number of hydrogen-bond acceptors (Lipinski definition) is 2. The molecule has 2 N–H and O–H groups in total. The summed E-state index contributed by atoms with van der Waals surface area (Å²) in [6.07, 6.45) is 7.45. The first-order valence-electron chi connectivity index (χ1n) is 5.68. The Morgan fingerprint density at radius 1 is 1.41 bits per heavy atom. The lowest BCUT2D eigenvalue weighted by molar-refractivity contribution is -0.138. The summed E-state index contributed by atoms with van der Waals surface area (Å²) in [5.74, 6) is 1.51. The Hall–Kier alpha value is -1.70. The number of carboxylic acids is 1. The Morgan fingerprint density at radius 3 is 2.53 bits per heavy atom. The van der Waals surface area contributed by atoms with Gasteiger partial charge in [-0.25, -0.2) is 4.79 Å². The molecular weight excluding hydrogens is 220 g/mol. The number of carbonyl (C=O) groups is 2. The van der Waals surface area contributed by atoms with Crippen molar-refractivity contribution in [1.29, 1.82) is 0 Å². The van der Waals surface area contributed by atoms with Gasteiger partial charge in [-0.2, -0.15) is 0 Å². The van der Waals surface area contributed by atoms with Gasteiger partial charge < -0.3 is 15.3 Å². The van der Waals surface area contributed by atoms with Crippen LogP contribution in [0, 0.1) is 12.3 Å². The zero-order valence-electron chi connectivity index (χ0n) is 10.4. The first-order valence-corrected chi connectivity index (χ1v) is 5.68. The molecule has 5 nitrogen and oxygen atoms in total. The molecule has 0 aromatic carbocycles. The van der Waals surface area contributed by atoms with Crippen LogP contribution in [-0.2, 0) is 4.79 Å². The molecule has 0 fully saturated rings. The molecule has 0 aromatic rings. The largest absolute Gasteiger partial charge is 0.480 e. The average Bonchev–Trinajstić information content (AvgIpc) is 2.24. The fraction of sp³-hybridized carbons (Fsp3) is 0.667. The van der Waals surface area contributed by atoms with Crippen molar-refractivity contribution in [1.82, 2.24) is 10.2 Å². The van der Waals surface area contributed by atoms with Crippen LogP contribution in [0.4, 0.5) is 4.79 Å². The highest BCUT2D eigenvalue weighted by Crippen LogP contribution is 1.99. The molecule has 0 unspecified atom stereocenters. The van der Waals surface area contributed by atoms with E-state index in [2.05, 4.69) is 11.2 Å². The van der Waals surface area contributed by atoms with Gasteiger partial charge in [0.25, 0.3) is 0 Å². The van der Waals surface area contributed by atoms with E-state index in [1.807, 2.05) is 0 Å². The zero-order valence-corrected chi connectivity index (χ0v) is 10.4. The second-order valence-corrected chi connectivity index (χ2v) is 4.01. The second kappa shape index (κ2) is 8.45. The minimum Gasteiger partial charge on any atom is -0.480 e. The Bertz CT molecular complexity index is 295. The third-order valence-electron chi connectivity index (χ3n) is 2.21. The lowest BCUT2D eigenvalue weighted by Crippen LogP contribution is -2.46. The van der Waals surface area contributed by atoms with Crippen LogP contribution in [0.1, 0.15) is 33.1 Å². The van der Waals surface area contributed by atoms with Crippen LogP contribution >= 0.6 is 0 Å². The number of aliphatic carboxylic acids is 1. The summed E-state index contributed by atoms with van der Waals surface area (Å²) in [5, 5.41) is 11.4. The quantitative estimate of drug-likeness (QED) is 0.520. The van der Waals surface area contributed by atoms with E-state index < -0.39 is 5.97 Å². The maximum absolute atomic E-state index is 11.7. The number of carbonyl (C=O) groups excluding carboxylic acids is 1. The van der Waals surface area contributed by atoms with Crippen LogP contribution in [0.25, 0.3) is 0 Å². The lowest BCUT2D eigenvalue weighted by Gasteiger charge is -2.25. The Morgan fingerprint density at radius 2 is 2.06 bits per heavy atom. The highest BCUT2D eigenvalue weighted by atomic mass is 16.4. The Labute approximate surface area is 102 Å². The zero-order chi connectivity index (χ0) is 13.3. The molecule has 0 atom stereocenters. The number of nitrogens with zero attached hydrogens (tertiary/aromatic N) is 1. The van der Waals surface area contributed by atoms with Crippen molar-refractivity contribution < 1.29 is 14.7 Å². The molecule has 0 aliphatic heterocycles. The van der Waals surface area contributed by atoms with Crippen LogP contribution < -0.4 is 5.32 Å². The van der Waals surface area contributed by atoms with E-state index in [4.69, 9.17) is 11.5 Å². The minimum atomic E-state index is -1.01. The monoisotopic (exact) mass is 240 g/mol. The SMILES string of the molecule is C#CCCCCNC(=O)N(CC(=O)O)C(C)C. The number of amides is 2. The van der Waals surface area contributed by atoms with Gasteiger partial charge in [-0.3, -0.25) is 4.79 Å². The van der Waals surface area contributed by atoms with Gasteiger partial charge in [0.15, 0.2) is 0 Å². The van der Waals surface area contributed by atoms with Crippen molar-refractivity contribution >= 4 is 12.0 Å². The van der Waals surface area contributed by atoms with Gasteiger partial charge in [-0.05, 0) is 26.7 Å². The molecule has 0 bridgehead atoms. The predicted molar refractivity (Wildman–Crippen MR) is 65.6 cm³/mol. The van der Waals surface area contributed by atoms with Gasteiger partial charge in [0.2, 0.25) is 0 Å². The number of unbranched alkanes of at least 4 members (excludes halogenated alkanes) is 2. The van der Waals surface area contributed by atoms with Crippen molar-refractivity contribution in [3.05, 3.63) is 0 Å². The number of terminal acetylenes is 1. The van der Waals surface area contributed by atoms with E-state index >= 15 is 0 Å². The molecule has 0 radical (unpaired) electrons. The molecule has 0 spiro atoms. The summed E-state index contributed by atoms with van der Waals surface area (Å²) >= 11 is 0. The number of carboxylic acid groups (broad SMARTS) is 1. The lowest BCUT2D eigenvalue weighted by atomic mass is 10.2. The van der Waals surface area contributed by atoms with Gasteiger partial charge in [0.1, 0.15) is 6.54 Å². The van der Waals surface area contributed by atoms with Crippen LogP contribution in [0.3, 0.4) is 0 Å². The van der Waals surface area contributed by atoms with Gasteiger partial charge in [0.05, 0.1) is 0 Å². The molecule has 0 saturated heterocycles. The van der Waals surface area contributed by atoms with Crippen molar-refractivity contribution in [2.75, 3.05) is 13.1 Å². The fourth-order valence-electron chi connectivity index (χ4n) is 1.28. The second-order valence-electron chi connectivity index (χ2n) is 4.01. The molecule has 0 aliphatic carbocycles. The maximum Gasteiger partial charge on any atom is 0.323 e. The first-order chi connectivity index (χ1) is 7.99. The number of urea groups is 1. The normalized spacial score (nSPS) is 9.76. The molecule has 5 heteroatoms. The molecule has 0 aromatic heterocycles. The van der Waals surface area contributed by atoms with Crippen molar-refractivity contribution in [3.63, 3.8) is 0 Å². The molecule has 17 heavy (non-hydrogen) atoms. The summed E-state index contributed by atoms with van der Waals surface area (Å²) in [5.41, 5.74) is 0. The average molecular weight is 240 g/mol. The first kappa shape index (κ1) is 15.3. The standard InChI is InChI=1S/C12H20N2O3/c1-4-5-6-7-8-13-12(17)14(10(2)3)9-11(15)16/h1,10H,5-9H2,2-3H3,(H,13,17)(H,15,16). The summed E-state index contributed by atoms with van der Waals surface area (Å²) in [6, 6.07) is -0.486. The van der Waals surface area contributed by atoms with E-state index in [1.54, 1.807) is 13.8 Å². The topological polar surface area (TPSA) is 69.6 Å². The summed E-state index contributed by atoms with van der Waals surface area (Å²) < 4.78 is 0. The molecular formula is C12H20N2O3. The predicted octanol–water partition coefficient (Wildman–Crippen LogP) is 1.29. The molecule has 0 rings (SSSR count). The summed E-state index contributed by atoms with van der Waals surface area (Å²) in [6.45, 7) is 3.79. The Kier molecular flexibility index (Phi) is 7.61. The van der Waals surface area contributed by atoms with E-state index in [9.17, 15) is 9.59 Å². The smallest absolute Gasteiger partial charge is 0.323 e. The Balaban J connectivity index is 3.99. The highest BCUT2D eigenvalue weighted by molar-refractivity contribution is 5.80. The van der Waals surface area contributed by atoms with Gasteiger partial charge >= 0.3 is 12.0 Å². The van der Waals surface area contributed by atoms with Gasteiger partial charge in [0, 0.05) is 19.0 Å². The molecule has 0 heterocycles. The summed E-state index contributed by atoms with van der Waals surface area (Å²) in [7, 11) is 0. The molecule has 0 saturated carbocycles. The maximum atomic E-state index is 11.7. The van der Waals surface area contributed by atoms with Crippen LogP contribution in [0.15, 0.2) is 0 Å². The summed E-state index contributed by atoms with van der Waals surface area (Å²) in [4.78, 5) is 23.5. The molecule has 0 aliphatic rings. The van der Waals surface area contributed by atoms with Crippen LogP contribution in [-0.4, -0.2) is 41.1 Å². The van der Waals surface area contributed by atoms with Crippen LogP contribution in [0.5, 0.6) is 0 Å². The van der Waals surface area contributed by atoms with Crippen molar-refractivity contribution in [3.8, 4) is 12.3 Å². The van der Waals surface area contributed by atoms with E-state index in [0.717, 1.165) is 12.8 Å². The van der Waals surface area contributed by atoms with Gasteiger partial charge in [-0.1, -0.05) is 0 Å². The highest BCUT2D eigenvalue weighted by Gasteiger charge is 2.18. The number of rotatable bonds is 7. The van der Waals surface area contributed by atoms with Crippen molar-refractivity contribution in [2.45, 2.75) is 39.2 Å². The number of hydrogen-bond donors (Lipinski definition) is 2. The van der Waals surface area contributed by atoms with Gasteiger partial charge in [-0.15, -0.1) is 12.3 Å².